The van der Waals surface area contributed by atoms with Gasteiger partial charge in [-0.25, -0.2) is 9.78 Å². The van der Waals surface area contributed by atoms with Crippen LogP contribution in [0.1, 0.15) is 61.0 Å². The Morgan fingerprint density at radius 3 is 2.19 bits per heavy atom. The van der Waals surface area contributed by atoms with Crippen molar-refractivity contribution in [2.75, 3.05) is 6.54 Å². The zero-order chi connectivity index (χ0) is 24.4. The van der Waals surface area contributed by atoms with Crippen LogP contribution in [-0.2, 0) is 21.6 Å². The monoisotopic (exact) mass is 485 g/mol. The Morgan fingerprint density at radius 2 is 1.77 bits per heavy atom. The number of nitrogens with zero attached hydrogens (tertiary/aromatic N) is 2. The Hall–Kier alpha value is -1.23. The number of hydrogen-bond donors (Lipinski definition) is 1. The third-order valence-electron chi connectivity index (χ3n) is 4.29. The SMILES string of the molecule is CC(C)(C)OC(=O)N(C[C@H](N[S@+]([O-])C(C)(C)C)C(F)(F)F)C(C)(C)c1ccnc(Cl)c1. The molecule has 1 aromatic heterocycles. The van der Waals surface area contributed by atoms with Gasteiger partial charge in [0.15, 0.2) is 6.04 Å². The largest absolute Gasteiger partial charge is 0.598 e. The molecule has 11 heteroatoms. The van der Waals surface area contributed by atoms with Gasteiger partial charge in [-0.15, -0.1) is 4.72 Å². The van der Waals surface area contributed by atoms with Gasteiger partial charge in [-0.2, -0.15) is 13.2 Å². The molecule has 2 atom stereocenters. The number of halogens is 4. The van der Waals surface area contributed by atoms with Gasteiger partial charge in [-0.1, -0.05) is 11.6 Å². The molecule has 0 bridgehead atoms. The maximum Gasteiger partial charge on any atom is 0.411 e. The van der Waals surface area contributed by atoms with E-state index in [2.05, 4.69) is 9.71 Å². The summed E-state index contributed by atoms with van der Waals surface area (Å²) >= 11 is 3.94. The van der Waals surface area contributed by atoms with Crippen LogP contribution >= 0.6 is 11.6 Å². The summed E-state index contributed by atoms with van der Waals surface area (Å²) in [6, 6.07) is 0.783. The van der Waals surface area contributed by atoms with Crippen LogP contribution in [0, 0.1) is 0 Å². The van der Waals surface area contributed by atoms with E-state index in [1.165, 1.54) is 12.3 Å². The van der Waals surface area contributed by atoms with Gasteiger partial charge in [0.2, 0.25) is 0 Å². The summed E-state index contributed by atoms with van der Waals surface area (Å²) in [5.41, 5.74) is -1.71. The van der Waals surface area contributed by atoms with Crippen molar-refractivity contribution in [2.24, 2.45) is 0 Å². The van der Waals surface area contributed by atoms with Gasteiger partial charge in [0.05, 0.1) is 12.1 Å². The maximum absolute atomic E-state index is 13.9. The van der Waals surface area contributed by atoms with E-state index < -0.39 is 52.1 Å². The van der Waals surface area contributed by atoms with Gasteiger partial charge in [0, 0.05) is 17.6 Å². The minimum Gasteiger partial charge on any atom is -0.598 e. The normalized spacial score (nSPS) is 15.4. The summed E-state index contributed by atoms with van der Waals surface area (Å²) in [4.78, 5) is 17.8. The number of carbonyl (C=O) groups excluding carboxylic acids is 1. The van der Waals surface area contributed by atoms with E-state index in [1.807, 2.05) is 0 Å². The van der Waals surface area contributed by atoms with E-state index >= 15 is 0 Å². The van der Waals surface area contributed by atoms with Gasteiger partial charge in [-0.3, -0.25) is 4.90 Å². The lowest BCUT2D eigenvalue weighted by Crippen LogP contribution is -2.59. The smallest absolute Gasteiger partial charge is 0.411 e. The Bertz CT molecular complexity index is 765. The summed E-state index contributed by atoms with van der Waals surface area (Å²) in [5, 5.41) is 0.133. The highest BCUT2D eigenvalue weighted by molar-refractivity contribution is 7.90. The van der Waals surface area contributed by atoms with Crippen molar-refractivity contribution in [1.29, 1.82) is 0 Å². The zero-order valence-corrected chi connectivity index (χ0v) is 20.6. The van der Waals surface area contributed by atoms with E-state index in [-0.39, 0.29) is 5.15 Å². The molecule has 31 heavy (non-hydrogen) atoms. The molecular weight excluding hydrogens is 455 g/mol. The highest BCUT2D eigenvalue weighted by Gasteiger charge is 2.49. The van der Waals surface area contributed by atoms with Gasteiger partial charge in [0.25, 0.3) is 0 Å². The molecule has 0 aliphatic carbocycles. The highest BCUT2D eigenvalue weighted by Crippen LogP contribution is 2.33. The molecule has 1 amide bonds. The van der Waals surface area contributed by atoms with Crippen LogP contribution in [0.5, 0.6) is 0 Å². The van der Waals surface area contributed by atoms with E-state index in [1.54, 1.807) is 61.5 Å². The molecule has 1 rings (SSSR count). The number of amides is 1. The predicted octanol–water partition coefficient (Wildman–Crippen LogP) is 5.19. The Kier molecular flexibility index (Phi) is 8.72. The van der Waals surface area contributed by atoms with E-state index in [0.717, 1.165) is 4.90 Å². The summed E-state index contributed by atoms with van der Waals surface area (Å²) < 4.78 is 60.6. The number of ether oxygens (including phenoxy) is 1. The quantitative estimate of drug-likeness (QED) is 0.443. The number of rotatable bonds is 6. The van der Waals surface area contributed by atoms with Crippen LogP contribution in [-0.4, -0.2) is 49.6 Å². The first-order valence-electron chi connectivity index (χ1n) is 9.62. The van der Waals surface area contributed by atoms with Crippen LogP contribution in [0.3, 0.4) is 0 Å². The van der Waals surface area contributed by atoms with Crippen molar-refractivity contribution in [3.05, 3.63) is 29.0 Å². The lowest BCUT2D eigenvalue weighted by Gasteiger charge is -2.42. The number of hydrogen-bond acceptors (Lipinski definition) is 5. The lowest BCUT2D eigenvalue weighted by atomic mass is 9.92. The van der Waals surface area contributed by atoms with Gasteiger partial charge in [-0.05, 0) is 73.1 Å². The zero-order valence-electron chi connectivity index (χ0n) is 19.1. The standard InChI is InChI=1S/C20H31ClF3N3O3S/c1-17(2,3)30-16(28)27(19(7,8)13-9-10-25-15(21)11-13)12-14(20(22,23)24)26-31(29)18(4,5)6/h9-11,14,26H,12H2,1-8H3/t14-,31+/m0/s1. The minimum atomic E-state index is -4.77. The van der Waals surface area contributed by atoms with Crippen LogP contribution in [0.4, 0.5) is 18.0 Å². The second-order valence-corrected chi connectivity index (χ2v) is 12.0. The molecular formula is C20H31ClF3N3O3S. The first-order valence-corrected chi connectivity index (χ1v) is 11.2. The first-order chi connectivity index (χ1) is 13.7. The average Bonchev–Trinajstić information content (AvgIpc) is 2.54. The summed E-state index contributed by atoms with van der Waals surface area (Å²) in [6.45, 7) is 11.9. The Balaban J connectivity index is 3.42. The molecule has 0 aromatic carbocycles. The summed E-state index contributed by atoms with van der Waals surface area (Å²) in [7, 11) is 0. The predicted molar refractivity (Wildman–Crippen MR) is 116 cm³/mol. The Labute approximate surface area is 190 Å². The number of pyridine rings is 1. The molecule has 0 saturated carbocycles. The van der Waals surface area contributed by atoms with E-state index in [4.69, 9.17) is 16.3 Å². The molecule has 1 aromatic rings. The van der Waals surface area contributed by atoms with Gasteiger partial charge < -0.3 is 9.29 Å². The molecule has 1 heterocycles. The molecule has 0 aliphatic heterocycles. The molecule has 1 N–H and O–H groups in total. The number of nitrogens with one attached hydrogen (secondary N) is 1. The number of carbonyl (C=O) groups is 1. The van der Waals surface area contributed by atoms with Crippen molar-refractivity contribution >= 4 is 29.1 Å². The maximum atomic E-state index is 13.9. The summed E-state index contributed by atoms with van der Waals surface area (Å²) in [5.74, 6) is 0. The van der Waals surface area contributed by atoms with Crippen molar-refractivity contribution in [3.8, 4) is 0 Å². The third kappa shape index (κ3) is 8.32. The van der Waals surface area contributed by atoms with Crippen molar-refractivity contribution in [3.63, 3.8) is 0 Å². The average molecular weight is 486 g/mol. The van der Waals surface area contributed by atoms with E-state index in [9.17, 15) is 22.5 Å². The lowest BCUT2D eigenvalue weighted by molar-refractivity contribution is -0.157. The minimum absolute atomic E-state index is 0.133. The van der Waals surface area contributed by atoms with E-state index in [0.29, 0.717) is 5.56 Å². The van der Waals surface area contributed by atoms with Crippen molar-refractivity contribution < 1.29 is 27.3 Å². The van der Waals surface area contributed by atoms with Crippen LogP contribution in [0.15, 0.2) is 18.3 Å². The molecule has 0 fully saturated rings. The van der Waals surface area contributed by atoms with Gasteiger partial charge in [0.1, 0.15) is 15.5 Å². The topological polar surface area (TPSA) is 77.5 Å². The Morgan fingerprint density at radius 1 is 1.23 bits per heavy atom. The third-order valence-corrected chi connectivity index (χ3v) is 6.11. The fourth-order valence-corrected chi connectivity index (χ4v) is 3.48. The molecule has 0 spiro atoms. The molecule has 0 radical (unpaired) electrons. The number of aromatic nitrogens is 1. The van der Waals surface area contributed by atoms with Crippen LogP contribution < -0.4 is 4.72 Å². The molecule has 0 aliphatic rings. The van der Waals surface area contributed by atoms with Gasteiger partial charge >= 0.3 is 12.3 Å². The molecule has 0 saturated heterocycles. The molecule has 178 valence electrons. The number of alkyl halides is 3. The summed E-state index contributed by atoms with van der Waals surface area (Å²) in [6.07, 6.45) is -4.31. The van der Waals surface area contributed by atoms with Crippen molar-refractivity contribution in [1.82, 2.24) is 14.6 Å². The molecule has 0 unspecified atom stereocenters. The van der Waals surface area contributed by atoms with Crippen molar-refractivity contribution in [2.45, 2.75) is 83.5 Å². The van der Waals surface area contributed by atoms with Crippen LogP contribution in [0.25, 0.3) is 0 Å². The second-order valence-electron chi connectivity index (χ2n) is 9.61. The fraction of sp³-hybridized carbons (Fsp3) is 0.700. The second kappa shape index (κ2) is 9.72. The molecule has 6 nitrogen and oxygen atoms in total. The van der Waals surface area contributed by atoms with Crippen LogP contribution in [0.2, 0.25) is 5.15 Å². The highest BCUT2D eigenvalue weighted by atomic mass is 35.5. The first kappa shape index (κ1) is 27.8. The fourth-order valence-electron chi connectivity index (χ4n) is 2.48.